The molecular formula is C18H19N5S. The Bertz CT molecular complexity index is 1030. The number of imidazole rings is 1. The van der Waals surface area contributed by atoms with E-state index in [-0.39, 0.29) is 0 Å². The van der Waals surface area contributed by atoms with E-state index in [0.29, 0.717) is 6.54 Å². The number of thiophene rings is 1. The number of benzene rings is 1. The van der Waals surface area contributed by atoms with E-state index in [4.69, 9.17) is 4.98 Å². The van der Waals surface area contributed by atoms with Crippen molar-refractivity contribution in [2.45, 2.75) is 26.8 Å². The maximum absolute atomic E-state index is 4.76. The molecular weight excluding hydrogens is 318 g/mol. The summed E-state index contributed by atoms with van der Waals surface area (Å²) in [6.07, 6.45) is 0.827. The van der Waals surface area contributed by atoms with Gasteiger partial charge in [0.05, 0.1) is 23.0 Å². The molecule has 5 nitrogen and oxygen atoms in total. The molecule has 0 aliphatic carbocycles. The van der Waals surface area contributed by atoms with Gasteiger partial charge in [-0.05, 0) is 30.0 Å². The fraction of sp³-hybridized carbons (Fsp3) is 0.278. The van der Waals surface area contributed by atoms with Crippen LogP contribution >= 0.6 is 11.3 Å². The first kappa shape index (κ1) is 15.1. The van der Waals surface area contributed by atoms with Crippen LogP contribution in [-0.2, 0) is 20.0 Å². The lowest BCUT2D eigenvalue weighted by atomic mass is 10.2. The van der Waals surface area contributed by atoms with Gasteiger partial charge in [0, 0.05) is 13.5 Å². The predicted octanol–water partition coefficient (Wildman–Crippen LogP) is 4.06. The summed E-state index contributed by atoms with van der Waals surface area (Å²) in [4.78, 5) is 15.0. The van der Waals surface area contributed by atoms with E-state index in [1.54, 1.807) is 11.3 Å². The van der Waals surface area contributed by atoms with E-state index in [0.717, 1.165) is 39.6 Å². The van der Waals surface area contributed by atoms with Crippen LogP contribution in [-0.4, -0.2) is 19.5 Å². The highest BCUT2D eigenvalue weighted by molar-refractivity contribution is 7.16. The van der Waals surface area contributed by atoms with E-state index >= 15 is 0 Å². The summed E-state index contributed by atoms with van der Waals surface area (Å²) >= 11 is 1.65. The Morgan fingerprint density at radius 2 is 2.04 bits per heavy atom. The van der Waals surface area contributed by atoms with Crippen molar-refractivity contribution >= 4 is 38.4 Å². The molecule has 0 spiro atoms. The molecule has 0 aliphatic rings. The minimum Gasteiger partial charge on any atom is -0.362 e. The third-order valence-corrected chi connectivity index (χ3v) is 5.10. The highest BCUT2D eigenvalue weighted by atomic mass is 32.1. The molecule has 4 rings (SSSR count). The molecule has 3 aromatic heterocycles. The van der Waals surface area contributed by atoms with E-state index in [9.17, 15) is 0 Å². The summed E-state index contributed by atoms with van der Waals surface area (Å²) in [5, 5.41) is 6.59. The third-order valence-electron chi connectivity index (χ3n) is 4.29. The van der Waals surface area contributed by atoms with Crippen molar-refractivity contribution in [1.82, 2.24) is 19.5 Å². The number of rotatable bonds is 4. The predicted molar refractivity (Wildman–Crippen MR) is 99.6 cm³/mol. The molecule has 0 fully saturated rings. The molecule has 0 saturated heterocycles. The maximum atomic E-state index is 4.76. The second-order valence-corrected chi connectivity index (χ2v) is 6.76. The number of hydrogen-bond acceptors (Lipinski definition) is 5. The number of aryl methyl sites for hydroxylation is 3. The minimum absolute atomic E-state index is 0.635. The van der Waals surface area contributed by atoms with Gasteiger partial charge in [-0.1, -0.05) is 19.1 Å². The van der Waals surface area contributed by atoms with E-state index in [1.807, 2.05) is 0 Å². The number of anilines is 1. The van der Waals surface area contributed by atoms with Crippen LogP contribution in [0.3, 0.4) is 0 Å². The lowest BCUT2D eigenvalue weighted by Crippen LogP contribution is -2.08. The van der Waals surface area contributed by atoms with Gasteiger partial charge in [-0.25, -0.2) is 15.0 Å². The largest absolute Gasteiger partial charge is 0.362 e. The molecule has 122 valence electrons. The van der Waals surface area contributed by atoms with Gasteiger partial charge in [-0.3, -0.25) is 0 Å². The molecule has 0 saturated carbocycles. The summed E-state index contributed by atoms with van der Waals surface area (Å²) in [6, 6.07) is 8.30. The number of aromatic nitrogens is 4. The molecule has 0 radical (unpaired) electrons. The Morgan fingerprint density at radius 1 is 1.17 bits per heavy atom. The first-order valence-electron chi connectivity index (χ1n) is 8.06. The van der Waals surface area contributed by atoms with Crippen molar-refractivity contribution in [3.63, 3.8) is 0 Å². The lowest BCUT2D eigenvalue weighted by Gasteiger charge is -2.09. The van der Waals surface area contributed by atoms with Crippen LogP contribution in [0.15, 0.2) is 29.6 Å². The van der Waals surface area contributed by atoms with Gasteiger partial charge in [0.1, 0.15) is 22.3 Å². The Kier molecular flexibility index (Phi) is 3.69. The molecule has 4 aromatic rings. The maximum Gasteiger partial charge on any atom is 0.138 e. The van der Waals surface area contributed by atoms with Crippen molar-refractivity contribution in [1.29, 1.82) is 0 Å². The standard InChI is InChI=1S/C18H19N5S/c1-4-14-21-17(12-8-9-24-18(12)22-14)19-10-15-20-13-7-5-6-11(2)16(13)23(15)3/h5-9H,4,10H2,1-3H3,(H,19,21,22). The summed E-state index contributed by atoms with van der Waals surface area (Å²) in [6.45, 7) is 4.83. The minimum atomic E-state index is 0.635. The van der Waals surface area contributed by atoms with Crippen molar-refractivity contribution in [2.75, 3.05) is 5.32 Å². The molecule has 0 atom stereocenters. The Labute approximate surface area is 144 Å². The molecule has 3 heterocycles. The van der Waals surface area contributed by atoms with Gasteiger partial charge in [0.2, 0.25) is 0 Å². The lowest BCUT2D eigenvalue weighted by molar-refractivity contribution is 0.829. The first-order chi connectivity index (χ1) is 11.7. The van der Waals surface area contributed by atoms with Crippen molar-refractivity contribution < 1.29 is 0 Å². The van der Waals surface area contributed by atoms with Gasteiger partial charge < -0.3 is 9.88 Å². The van der Waals surface area contributed by atoms with Gasteiger partial charge >= 0.3 is 0 Å². The zero-order valence-corrected chi connectivity index (χ0v) is 14.8. The van der Waals surface area contributed by atoms with Crippen LogP contribution in [0.2, 0.25) is 0 Å². The average molecular weight is 337 g/mol. The first-order valence-corrected chi connectivity index (χ1v) is 8.94. The number of nitrogens with one attached hydrogen (secondary N) is 1. The molecule has 0 unspecified atom stereocenters. The van der Waals surface area contributed by atoms with E-state index in [1.165, 1.54) is 11.1 Å². The molecule has 1 N–H and O–H groups in total. The molecule has 0 bridgehead atoms. The quantitative estimate of drug-likeness (QED) is 0.610. The normalized spacial score (nSPS) is 11.5. The van der Waals surface area contributed by atoms with Gasteiger partial charge in [-0.2, -0.15) is 0 Å². The van der Waals surface area contributed by atoms with Gasteiger partial charge in [-0.15, -0.1) is 11.3 Å². The van der Waals surface area contributed by atoms with Crippen LogP contribution < -0.4 is 5.32 Å². The Hall–Kier alpha value is -2.47. The average Bonchev–Trinajstić information content (AvgIpc) is 3.18. The SMILES string of the molecule is CCc1nc(NCc2nc3cccc(C)c3n2C)c2ccsc2n1. The molecule has 0 amide bonds. The topological polar surface area (TPSA) is 55.6 Å². The number of fused-ring (bicyclic) bond motifs is 2. The van der Waals surface area contributed by atoms with Gasteiger partial charge in [0.15, 0.2) is 0 Å². The molecule has 1 aromatic carbocycles. The highest BCUT2D eigenvalue weighted by Gasteiger charge is 2.12. The fourth-order valence-corrected chi connectivity index (χ4v) is 3.81. The van der Waals surface area contributed by atoms with Crippen LogP contribution in [0.5, 0.6) is 0 Å². The van der Waals surface area contributed by atoms with Crippen LogP contribution in [0, 0.1) is 6.92 Å². The second kappa shape index (κ2) is 5.87. The summed E-state index contributed by atoms with van der Waals surface area (Å²) in [5.74, 6) is 2.76. The van der Waals surface area contributed by atoms with Crippen molar-refractivity contribution in [3.05, 3.63) is 46.9 Å². The summed E-state index contributed by atoms with van der Waals surface area (Å²) in [5.41, 5.74) is 3.46. The molecule has 24 heavy (non-hydrogen) atoms. The van der Waals surface area contributed by atoms with Crippen LogP contribution in [0.1, 0.15) is 24.1 Å². The van der Waals surface area contributed by atoms with Crippen LogP contribution in [0.25, 0.3) is 21.3 Å². The zero-order chi connectivity index (χ0) is 16.7. The number of hydrogen-bond donors (Lipinski definition) is 1. The van der Waals surface area contributed by atoms with E-state index < -0.39 is 0 Å². The summed E-state index contributed by atoms with van der Waals surface area (Å²) in [7, 11) is 2.07. The van der Waals surface area contributed by atoms with E-state index in [2.05, 4.69) is 70.4 Å². The molecule has 0 aliphatic heterocycles. The Morgan fingerprint density at radius 3 is 2.83 bits per heavy atom. The number of nitrogens with zero attached hydrogens (tertiary/aromatic N) is 4. The smallest absolute Gasteiger partial charge is 0.138 e. The highest BCUT2D eigenvalue weighted by Crippen LogP contribution is 2.26. The van der Waals surface area contributed by atoms with Crippen molar-refractivity contribution in [3.8, 4) is 0 Å². The molecule has 6 heteroatoms. The Balaban J connectivity index is 1.69. The zero-order valence-electron chi connectivity index (χ0n) is 14.0. The second-order valence-electron chi connectivity index (χ2n) is 5.86. The van der Waals surface area contributed by atoms with Crippen molar-refractivity contribution in [2.24, 2.45) is 7.05 Å². The van der Waals surface area contributed by atoms with Gasteiger partial charge in [0.25, 0.3) is 0 Å². The van der Waals surface area contributed by atoms with Crippen LogP contribution in [0.4, 0.5) is 5.82 Å². The fourth-order valence-electron chi connectivity index (χ4n) is 3.03. The number of para-hydroxylation sites is 1. The monoisotopic (exact) mass is 337 g/mol. The third kappa shape index (κ3) is 2.43. The summed E-state index contributed by atoms with van der Waals surface area (Å²) < 4.78 is 2.16.